The lowest BCUT2D eigenvalue weighted by molar-refractivity contribution is 0.0600. The number of fused-ring (bicyclic) bond motifs is 1. The molecule has 0 aliphatic carbocycles. The van der Waals surface area contributed by atoms with Gasteiger partial charge in [0.05, 0.1) is 24.3 Å². The van der Waals surface area contributed by atoms with E-state index in [-0.39, 0.29) is 22.7 Å². The number of hydrogen-bond acceptors (Lipinski definition) is 6. The highest BCUT2D eigenvalue weighted by Gasteiger charge is 2.39. The molecule has 1 aromatic heterocycles. The van der Waals surface area contributed by atoms with Gasteiger partial charge < -0.3 is 24.2 Å². The molecule has 0 saturated carbocycles. The monoisotopic (exact) mass is 572 g/mol. The van der Waals surface area contributed by atoms with Gasteiger partial charge in [0, 0.05) is 24.5 Å². The van der Waals surface area contributed by atoms with Crippen LogP contribution in [-0.2, 0) is 22.3 Å². The summed E-state index contributed by atoms with van der Waals surface area (Å²) >= 11 is 0. The number of benzene rings is 3. The molecule has 0 aliphatic rings. The average molecular weight is 573 g/mol. The summed E-state index contributed by atoms with van der Waals surface area (Å²) in [6, 6.07) is 24.7. The summed E-state index contributed by atoms with van der Waals surface area (Å²) in [7, 11) is -0.793. The molecular weight excluding hydrogens is 532 g/mol. The Morgan fingerprint density at radius 2 is 1.63 bits per heavy atom. The first-order valence-corrected chi connectivity index (χ1v) is 16.8. The lowest BCUT2D eigenvalue weighted by Gasteiger charge is -2.39. The first kappa shape index (κ1) is 30.2. The van der Waals surface area contributed by atoms with Crippen molar-refractivity contribution >= 4 is 25.2 Å². The fourth-order valence-corrected chi connectivity index (χ4v) is 5.63. The molecule has 0 fully saturated rings. The van der Waals surface area contributed by atoms with Crippen LogP contribution in [0.1, 0.15) is 53.9 Å². The topological polar surface area (TPSA) is 89.7 Å². The highest BCUT2D eigenvalue weighted by molar-refractivity contribution is 6.74. The molecule has 0 spiro atoms. The molecule has 1 unspecified atom stereocenters. The predicted molar refractivity (Wildman–Crippen MR) is 166 cm³/mol. The number of ether oxygens (including phenoxy) is 2. The molecule has 8 heteroatoms. The largest absolute Gasteiger partial charge is 0.487 e. The normalized spacial score (nSPS) is 12.7. The van der Waals surface area contributed by atoms with Crippen LogP contribution in [0.3, 0.4) is 0 Å². The van der Waals surface area contributed by atoms with E-state index in [0.29, 0.717) is 36.5 Å². The second-order valence-electron chi connectivity index (χ2n) is 11.7. The zero-order valence-electron chi connectivity index (χ0n) is 24.7. The van der Waals surface area contributed by atoms with Crippen LogP contribution in [0.25, 0.3) is 10.9 Å². The Morgan fingerprint density at radius 3 is 2.29 bits per heavy atom. The molecule has 0 radical (unpaired) electrons. The highest BCUT2D eigenvalue weighted by atomic mass is 28.4. The Kier molecular flexibility index (Phi) is 9.48. The van der Waals surface area contributed by atoms with Crippen molar-refractivity contribution in [1.82, 2.24) is 10.3 Å². The molecular formula is C33H40N2O5Si. The minimum absolute atomic E-state index is 0.0117. The second kappa shape index (κ2) is 12.8. The van der Waals surface area contributed by atoms with Crippen LogP contribution < -0.4 is 15.6 Å². The zero-order chi connectivity index (χ0) is 29.6. The van der Waals surface area contributed by atoms with Crippen molar-refractivity contribution in [3.63, 3.8) is 0 Å². The zero-order valence-corrected chi connectivity index (χ0v) is 25.7. The lowest BCUT2D eigenvalue weighted by atomic mass is 10.0. The molecule has 2 N–H and O–H groups in total. The van der Waals surface area contributed by atoms with E-state index >= 15 is 0 Å². The van der Waals surface area contributed by atoms with Crippen LogP contribution in [0.5, 0.6) is 5.75 Å². The van der Waals surface area contributed by atoms with Gasteiger partial charge in [0.15, 0.2) is 8.32 Å². The van der Waals surface area contributed by atoms with E-state index in [1.165, 1.54) is 7.11 Å². The smallest absolute Gasteiger partial charge is 0.337 e. The predicted octanol–water partition coefficient (Wildman–Crippen LogP) is 6.75. The average Bonchev–Trinajstić information content (AvgIpc) is 2.95. The van der Waals surface area contributed by atoms with E-state index in [1.807, 2.05) is 60.7 Å². The molecule has 7 nitrogen and oxygen atoms in total. The number of carbonyl (C=O) groups is 1. The van der Waals surface area contributed by atoms with Gasteiger partial charge in [-0.15, -0.1) is 0 Å². The molecule has 0 amide bonds. The first-order valence-electron chi connectivity index (χ1n) is 13.9. The van der Waals surface area contributed by atoms with E-state index < -0.39 is 8.32 Å². The van der Waals surface area contributed by atoms with Gasteiger partial charge in [0.25, 0.3) is 0 Å². The summed E-state index contributed by atoms with van der Waals surface area (Å²) < 4.78 is 18.0. The molecule has 4 rings (SSSR count). The number of pyridine rings is 1. The summed E-state index contributed by atoms with van der Waals surface area (Å²) in [5.74, 6) is 0.267. The van der Waals surface area contributed by atoms with Crippen LogP contribution in [0.4, 0.5) is 0 Å². The Bertz CT molecular complexity index is 1530. The Morgan fingerprint density at radius 1 is 0.927 bits per heavy atom. The summed E-state index contributed by atoms with van der Waals surface area (Å²) in [6.07, 6.45) is -0.262. The molecule has 0 saturated heterocycles. The maximum atomic E-state index is 12.4. The number of aromatic amines is 1. The van der Waals surface area contributed by atoms with E-state index in [4.69, 9.17) is 13.9 Å². The van der Waals surface area contributed by atoms with Crippen molar-refractivity contribution in [2.24, 2.45) is 0 Å². The quantitative estimate of drug-likeness (QED) is 0.153. The number of esters is 1. The molecule has 1 heterocycles. The van der Waals surface area contributed by atoms with E-state index in [2.05, 4.69) is 44.2 Å². The SMILES string of the molecule is COC(=O)c1ccc(CNCC(O[Si](C)(C)C(C)(C)C)c2ccc(OCc3ccccc3)c3[nH]c(=O)ccc23)cc1. The number of aromatic nitrogens is 1. The summed E-state index contributed by atoms with van der Waals surface area (Å²) in [6.45, 7) is 12.7. The van der Waals surface area contributed by atoms with Gasteiger partial charge in [-0.25, -0.2) is 4.79 Å². The third kappa shape index (κ3) is 7.52. The van der Waals surface area contributed by atoms with Crippen LogP contribution in [0.15, 0.2) is 83.7 Å². The standard InChI is InChI=1S/C33H40N2O5Si/c1-33(2,3)41(5,6)40-29(21-34-20-23-12-14-25(15-13-23)32(37)38-4)26-16-18-28(31-27(26)17-19-30(36)35-31)39-22-24-10-8-7-9-11-24/h7-19,29,34H,20-22H2,1-6H3,(H,35,36). The van der Waals surface area contributed by atoms with Crippen LogP contribution in [0, 0.1) is 0 Å². The van der Waals surface area contributed by atoms with Crippen molar-refractivity contribution in [3.05, 3.63) is 111 Å². The molecule has 1 atom stereocenters. The van der Waals surface area contributed by atoms with E-state index in [0.717, 1.165) is 22.1 Å². The van der Waals surface area contributed by atoms with Crippen molar-refractivity contribution in [2.75, 3.05) is 13.7 Å². The van der Waals surface area contributed by atoms with Gasteiger partial charge in [-0.1, -0.05) is 69.3 Å². The number of hydrogen-bond donors (Lipinski definition) is 2. The minimum atomic E-state index is -2.17. The van der Waals surface area contributed by atoms with Crippen LogP contribution >= 0.6 is 0 Å². The van der Waals surface area contributed by atoms with E-state index in [1.54, 1.807) is 18.2 Å². The van der Waals surface area contributed by atoms with Crippen molar-refractivity contribution in [2.45, 2.75) is 58.2 Å². The maximum Gasteiger partial charge on any atom is 0.337 e. The minimum Gasteiger partial charge on any atom is -0.487 e. The third-order valence-corrected chi connectivity index (χ3v) is 12.2. The Balaban J connectivity index is 1.63. The molecule has 4 aromatic rings. The molecule has 41 heavy (non-hydrogen) atoms. The summed E-state index contributed by atoms with van der Waals surface area (Å²) in [5, 5.41) is 4.46. The number of carbonyl (C=O) groups excluding carboxylic acids is 1. The van der Waals surface area contributed by atoms with Gasteiger partial charge in [0.1, 0.15) is 12.4 Å². The fourth-order valence-electron chi connectivity index (χ4n) is 4.36. The Labute approximate surface area is 243 Å². The van der Waals surface area contributed by atoms with Crippen molar-refractivity contribution < 1.29 is 18.7 Å². The van der Waals surface area contributed by atoms with Crippen molar-refractivity contribution in [1.29, 1.82) is 0 Å². The van der Waals surface area contributed by atoms with Gasteiger partial charge >= 0.3 is 5.97 Å². The van der Waals surface area contributed by atoms with Crippen LogP contribution in [0.2, 0.25) is 18.1 Å². The summed E-state index contributed by atoms with van der Waals surface area (Å²) in [4.78, 5) is 27.2. The fraction of sp³-hybridized carbons (Fsp3) is 0.333. The molecule has 0 bridgehead atoms. The number of methoxy groups -OCH3 is 1. The van der Waals surface area contributed by atoms with Gasteiger partial charge in [-0.3, -0.25) is 4.79 Å². The lowest BCUT2D eigenvalue weighted by Crippen LogP contribution is -2.43. The van der Waals surface area contributed by atoms with Crippen molar-refractivity contribution in [3.8, 4) is 5.75 Å². The van der Waals surface area contributed by atoms with Gasteiger partial charge in [0.2, 0.25) is 5.56 Å². The number of rotatable bonds is 11. The third-order valence-electron chi connectivity index (χ3n) is 7.75. The first-order chi connectivity index (χ1) is 19.5. The summed E-state index contributed by atoms with van der Waals surface area (Å²) in [5.41, 5.74) is 4.07. The maximum absolute atomic E-state index is 12.4. The van der Waals surface area contributed by atoms with Gasteiger partial charge in [-0.05, 0) is 59.1 Å². The van der Waals surface area contributed by atoms with Gasteiger partial charge in [-0.2, -0.15) is 0 Å². The van der Waals surface area contributed by atoms with E-state index in [9.17, 15) is 9.59 Å². The molecule has 0 aliphatic heterocycles. The molecule has 3 aromatic carbocycles. The highest BCUT2D eigenvalue weighted by Crippen LogP contribution is 2.41. The number of nitrogens with one attached hydrogen (secondary N) is 2. The second-order valence-corrected chi connectivity index (χ2v) is 16.5. The molecule has 216 valence electrons. The Hall–Kier alpha value is -3.72. The van der Waals surface area contributed by atoms with Crippen LogP contribution in [-0.4, -0.2) is 32.9 Å². The number of H-pyrrole nitrogens is 1.